The zero-order chi connectivity index (χ0) is 87.7. The fourth-order valence-electron chi connectivity index (χ4n) is 19.1. The lowest BCUT2D eigenvalue weighted by molar-refractivity contribution is 0.661. The number of para-hydroxylation sites is 4. The molecule has 0 radical (unpaired) electrons. The predicted molar refractivity (Wildman–Crippen MR) is 537 cm³/mol. The van der Waals surface area contributed by atoms with E-state index in [1.165, 1.54) is 43.8 Å². The molecule has 0 saturated carbocycles. The zero-order valence-corrected chi connectivity index (χ0v) is 72.0. The molecule has 0 fully saturated rings. The van der Waals surface area contributed by atoms with Gasteiger partial charge in [0.05, 0.1) is 67.3 Å². The van der Waals surface area contributed by atoms with E-state index in [1.54, 1.807) is 0 Å². The highest BCUT2D eigenvalue weighted by atomic mass is 15.1. The van der Waals surface area contributed by atoms with Crippen molar-refractivity contribution in [2.75, 3.05) is 0 Å². The molecule has 0 amide bonds. The second-order valence-electron chi connectivity index (χ2n) is 33.8. The molecule has 620 valence electrons. The van der Waals surface area contributed by atoms with Crippen molar-refractivity contribution in [2.45, 2.75) is 19.3 Å². The van der Waals surface area contributed by atoms with Crippen LogP contribution in [0.25, 0.3) is 230 Å². The third-order valence-corrected chi connectivity index (χ3v) is 25.5. The van der Waals surface area contributed by atoms with E-state index >= 15 is 0 Å². The highest BCUT2D eigenvalue weighted by Crippen LogP contribution is 2.52. The minimum atomic E-state index is -0.138. The molecule has 0 bridgehead atoms. The first-order valence-corrected chi connectivity index (χ1v) is 44.4. The quantitative estimate of drug-likeness (QED) is 0.0973. The second-order valence-corrected chi connectivity index (χ2v) is 33.8. The summed E-state index contributed by atoms with van der Waals surface area (Å²) in [6, 6.07) is 154. The number of hydrogen-bond acceptors (Lipinski definition) is 10. The van der Waals surface area contributed by atoms with E-state index in [0.29, 0.717) is 46.6 Å². The SMILES string of the molecule is CC1(C)c2ccccc2-c2cc3c(cc21)c1ccccc1n3-c1ccc(-c2nc(-c3ccccc3)nc(-c3ccccc3)n2)cc1-c1cc(-c2ccccc2)nc(-c2ccccc2)n1.c1ccc(-c2cc(-c3ccccc3)nc(-c3cc(-c4nc(-c5ccccc5)nc(-c5ccccc5)n4)ccc3-n3c4ccccc4c4cc5c(cc43)c3ccccc3n5-c3ccccc3)n2)cc1. The van der Waals surface area contributed by atoms with Gasteiger partial charge in [0.25, 0.3) is 0 Å². The Hall–Kier alpha value is -17.7. The molecule has 0 saturated heterocycles. The van der Waals surface area contributed by atoms with Gasteiger partial charge in [-0.1, -0.05) is 354 Å². The number of rotatable bonds is 15. The van der Waals surface area contributed by atoms with Gasteiger partial charge in [0.1, 0.15) is 0 Å². The van der Waals surface area contributed by atoms with Crippen molar-refractivity contribution < 1.29 is 0 Å². The average molecular weight is 1690 g/mol. The summed E-state index contributed by atoms with van der Waals surface area (Å²) >= 11 is 0. The van der Waals surface area contributed by atoms with E-state index in [-0.39, 0.29) is 5.41 Å². The van der Waals surface area contributed by atoms with E-state index in [4.69, 9.17) is 49.8 Å². The Morgan fingerprint density at radius 1 is 0.167 bits per heavy atom. The third-order valence-electron chi connectivity index (χ3n) is 25.5. The van der Waals surface area contributed by atoms with Gasteiger partial charge in [-0.25, -0.2) is 49.8 Å². The third kappa shape index (κ3) is 13.9. The molecule has 0 unspecified atom stereocenters. The Kier molecular flexibility index (Phi) is 19.2. The standard InChI is InChI=1S/C61H39N7.C58H40N6/c1-6-20-40(21-7-1)51-39-52(41-22-8-2-9-23-41)63-61(62-51)50-36-44(60-65-58(42-24-10-3-11-25-42)64-59(66-60)43-26-12-4-13-27-43)34-35-55(50)68-54-33-19-17-31-47(54)49-37-56-48(38-57(49)68)46-30-16-18-32-53(46)67(56)45-28-14-5-15-29-45;1-58(2)47-29-17-15-27-42(47)44-35-53-45(34-48(44)58)43-28-16-18-30-51(43)64(53)52-32-31-41(57-62-55(39-23-11-5-12-24-39)61-56(63-57)40-25-13-6-14-26-40)33-46(52)50-36-49(37-19-7-3-8-20-37)59-54(60-50)38-21-9-4-10-22-38/h1-39H;3-36H,1-2H3. The monoisotopic (exact) mass is 1690 g/mol. The molecular formula is C119H79N13. The molecular weight excluding hydrogens is 1610 g/mol. The van der Waals surface area contributed by atoms with Crippen LogP contribution in [0.3, 0.4) is 0 Å². The molecule has 13 heteroatoms. The zero-order valence-electron chi connectivity index (χ0n) is 72.0. The summed E-state index contributed by atoms with van der Waals surface area (Å²) in [5, 5.41) is 7.04. The van der Waals surface area contributed by atoms with Crippen LogP contribution in [-0.2, 0) is 5.41 Å². The van der Waals surface area contributed by atoms with Gasteiger partial charge in [0.15, 0.2) is 46.6 Å². The number of hydrogen-bond donors (Lipinski definition) is 0. The van der Waals surface area contributed by atoms with Crippen molar-refractivity contribution in [3.05, 3.63) is 454 Å². The summed E-state index contributed by atoms with van der Waals surface area (Å²) in [5.41, 5.74) is 29.0. The first kappa shape index (κ1) is 77.9. The van der Waals surface area contributed by atoms with E-state index in [2.05, 4.69) is 288 Å². The van der Waals surface area contributed by atoms with E-state index in [1.807, 2.05) is 182 Å². The van der Waals surface area contributed by atoms with Gasteiger partial charge < -0.3 is 13.7 Å². The van der Waals surface area contributed by atoms with E-state index < -0.39 is 0 Å². The first-order chi connectivity index (χ1) is 65.2. The van der Waals surface area contributed by atoms with Crippen LogP contribution in [-0.4, -0.2) is 63.5 Å². The maximum atomic E-state index is 5.44. The highest BCUT2D eigenvalue weighted by Gasteiger charge is 2.37. The van der Waals surface area contributed by atoms with Crippen molar-refractivity contribution in [1.82, 2.24) is 63.5 Å². The van der Waals surface area contributed by atoms with Crippen LogP contribution < -0.4 is 0 Å². The van der Waals surface area contributed by atoms with E-state index in [0.717, 1.165) is 150 Å². The molecule has 7 heterocycles. The predicted octanol–water partition coefficient (Wildman–Crippen LogP) is 28.9. The number of fused-ring (bicyclic) bond motifs is 12. The fourth-order valence-corrected chi connectivity index (χ4v) is 19.1. The van der Waals surface area contributed by atoms with Crippen LogP contribution in [0.4, 0.5) is 0 Å². The first-order valence-electron chi connectivity index (χ1n) is 44.4. The molecule has 13 nitrogen and oxygen atoms in total. The van der Waals surface area contributed by atoms with Crippen LogP contribution in [0.5, 0.6) is 0 Å². The molecule has 1 aliphatic carbocycles. The highest BCUT2D eigenvalue weighted by molar-refractivity contribution is 6.19. The smallest absolute Gasteiger partial charge is 0.164 e. The van der Waals surface area contributed by atoms with Crippen LogP contribution in [0.1, 0.15) is 25.0 Å². The molecule has 24 aromatic rings. The summed E-state index contributed by atoms with van der Waals surface area (Å²) in [4.78, 5) is 52.2. The Labute approximate surface area is 761 Å². The molecule has 7 aromatic heterocycles. The molecule has 0 N–H and O–H groups in total. The molecule has 25 rings (SSSR count). The van der Waals surface area contributed by atoms with Crippen LogP contribution in [0.2, 0.25) is 0 Å². The van der Waals surface area contributed by atoms with Crippen LogP contribution in [0.15, 0.2) is 443 Å². The second kappa shape index (κ2) is 32.6. The lowest BCUT2D eigenvalue weighted by Crippen LogP contribution is -2.14. The van der Waals surface area contributed by atoms with Gasteiger partial charge >= 0.3 is 0 Å². The molecule has 1 aliphatic rings. The molecule has 0 atom stereocenters. The minimum absolute atomic E-state index is 0.138. The van der Waals surface area contributed by atoms with Crippen LogP contribution >= 0.6 is 0 Å². The van der Waals surface area contributed by atoms with Gasteiger partial charge in [0.2, 0.25) is 0 Å². The lowest BCUT2D eigenvalue weighted by atomic mass is 9.82. The maximum Gasteiger partial charge on any atom is 0.164 e. The van der Waals surface area contributed by atoms with Gasteiger partial charge in [-0.15, -0.1) is 0 Å². The topological polar surface area (TPSA) is 144 Å². The molecule has 17 aromatic carbocycles. The van der Waals surface area contributed by atoms with Gasteiger partial charge in [-0.3, -0.25) is 0 Å². The van der Waals surface area contributed by atoms with Gasteiger partial charge in [0, 0.05) is 110 Å². The summed E-state index contributed by atoms with van der Waals surface area (Å²) in [6.07, 6.45) is 0. The van der Waals surface area contributed by atoms with Gasteiger partial charge in [-0.05, 0) is 125 Å². The van der Waals surface area contributed by atoms with Gasteiger partial charge in [-0.2, -0.15) is 0 Å². The van der Waals surface area contributed by atoms with E-state index in [9.17, 15) is 0 Å². The summed E-state index contributed by atoms with van der Waals surface area (Å²) in [5.74, 6) is 4.74. The van der Waals surface area contributed by atoms with Crippen molar-refractivity contribution >= 4 is 65.4 Å². The van der Waals surface area contributed by atoms with Crippen molar-refractivity contribution in [3.63, 3.8) is 0 Å². The summed E-state index contributed by atoms with van der Waals surface area (Å²) in [6.45, 7) is 4.69. The fraction of sp³-hybridized carbons (Fsp3) is 0.0252. The molecule has 0 spiro atoms. The van der Waals surface area contributed by atoms with Crippen molar-refractivity contribution in [3.8, 4) is 164 Å². The Morgan fingerprint density at radius 3 is 0.886 bits per heavy atom. The van der Waals surface area contributed by atoms with Crippen molar-refractivity contribution in [1.29, 1.82) is 0 Å². The average Bonchev–Trinajstić information content (AvgIpc) is 1.55. The Balaban J connectivity index is 0.000000146. The largest absolute Gasteiger partial charge is 0.309 e. The molecule has 132 heavy (non-hydrogen) atoms. The summed E-state index contributed by atoms with van der Waals surface area (Å²) < 4.78 is 7.19. The summed E-state index contributed by atoms with van der Waals surface area (Å²) in [7, 11) is 0. The van der Waals surface area contributed by atoms with Crippen molar-refractivity contribution in [2.24, 2.45) is 0 Å². The Bertz CT molecular complexity index is 8330. The normalized spacial score (nSPS) is 12.1. The number of aromatic nitrogens is 13. The lowest BCUT2D eigenvalue weighted by Gasteiger charge is -2.21. The number of nitrogens with zero attached hydrogens (tertiary/aromatic N) is 13. The maximum absolute atomic E-state index is 5.44. The number of benzene rings is 17. The minimum Gasteiger partial charge on any atom is -0.309 e. The molecule has 0 aliphatic heterocycles. The van der Waals surface area contributed by atoms with Crippen LogP contribution in [0, 0.1) is 0 Å². The Morgan fingerprint density at radius 2 is 0.462 bits per heavy atom.